The van der Waals surface area contributed by atoms with Gasteiger partial charge < -0.3 is 15.8 Å². The van der Waals surface area contributed by atoms with Crippen molar-refractivity contribution in [1.29, 1.82) is 0 Å². The zero-order valence-electron chi connectivity index (χ0n) is 12.0. The van der Waals surface area contributed by atoms with Crippen LogP contribution in [0.5, 0.6) is 5.75 Å². The number of carbonyl (C=O) groups is 1. The molecule has 3 N–H and O–H groups in total. The minimum Gasteiger partial charge on any atom is -0.474 e. The summed E-state index contributed by atoms with van der Waals surface area (Å²) < 4.78 is 19.4. The van der Waals surface area contributed by atoms with Gasteiger partial charge in [-0.2, -0.15) is 0 Å². The first-order chi connectivity index (χ1) is 10.4. The molecule has 0 spiro atoms. The molecule has 0 fully saturated rings. The number of ether oxygens (including phenoxy) is 1. The molecule has 1 amide bonds. The van der Waals surface area contributed by atoms with E-state index in [1.54, 1.807) is 32.0 Å². The summed E-state index contributed by atoms with van der Waals surface area (Å²) in [7, 11) is 0. The lowest BCUT2D eigenvalue weighted by Crippen LogP contribution is -2.30. The third-order valence-electron chi connectivity index (χ3n) is 3.89. The minimum absolute atomic E-state index is 0.311. The molecular weight excluding hydrogens is 307 g/mol. The Morgan fingerprint density at radius 1 is 1.27 bits per heavy atom. The van der Waals surface area contributed by atoms with Crippen molar-refractivity contribution in [2.75, 3.05) is 11.1 Å². The normalized spacial score (nSPS) is 16.7. The molecule has 1 heterocycles. The van der Waals surface area contributed by atoms with Crippen LogP contribution in [0.4, 0.5) is 15.8 Å². The lowest BCUT2D eigenvalue weighted by Gasteiger charge is -2.28. The fraction of sp³-hybridized carbons (Fsp3) is 0.188. The lowest BCUT2D eigenvalue weighted by molar-refractivity contribution is -0.123. The first kappa shape index (κ1) is 14.7. The highest BCUT2D eigenvalue weighted by Crippen LogP contribution is 2.40. The zero-order chi connectivity index (χ0) is 16.0. The highest BCUT2D eigenvalue weighted by molar-refractivity contribution is 6.33. The van der Waals surface area contributed by atoms with E-state index in [1.165, 1.54) is 6.07 Å². The van der Waals surface area contributed by atoms with Gasteiger partial charge in [0.15, 0.2) is 0 Å². The Morgan fingerprint density at radius 2 is 2.00 bits per heavy atom. The van der Waals surface area contributed by atoms with Crippen LogP contribution >= 0.6 is 11.6 Å². The number of anilines is 2. The molecule has 0 saturated heterocycles. The molecule has 3 rings (SSSR count). The quantitative estimate of drug-likeness (QED) is 0.786. The molecule has 0 aliphatic carbocycles. The van der Waals surface area contributed by atoms with Crippen molar-refractivity contribution in [3.63, 3.8) is 0 Å². The van der Waals surface area contributed by atoms with Gasteiger partial charge >= 0.3 is 0 Å². The maximum absolute atomic E-state index is 13.6. The zero-order valence-corrected chi connectivity index (χ0v) is 12.8. The van der Waals surface area contributed by atoms with Gasteiger partial charge in [0.1, 0.15) is 11.6 Å². The number of benzene rings is 2. The second-order valence-electron chi connectivity index (χ2n) is 5.24. The number of rotatable bonds is 1. The minimum atomic E-state index is -0.854. The van der Waals surface area contributed by atoms with Crippen molar-refractivity contribution in [2.45, 2.75) is 20.0 Å². The molecule has 1 atom stereocenters. The van der Waals surface area contributed by atoms with E-state index in [4.69, 9.17) is 22.1 Å². The number of nitrogens with one attached hydrogen (secondary N) is 1. The molecule has 4 nitrogen and oxygen atoms in total. The molecule has 114 valence electrons. The Labute approximate surface area is 132 Å². The first-order valence-electron chi connectivity index (χ1n) is 6.70. The molecular formula is C16H14ClFN2O2. The van der Waals surface area contributed by atoms with Crippen LogP contribution in [0.3, 0.4) is 0 Å². The van der Waals surface area contributed by atoms with Gasteiger partial charge in [0.05, 0.1) is 16.4 Å². The fourth-order valence-corrected chi connectivity index (χ4v) is 2.60. The number of fused-ring (bicyclic) bond motifs is 1. The van der Waals surface area contributed by atoms with Gasteiger partial charge in [0, 0.05) is 11.6 Å². The van der Waals surface area contributed by atoms with Crippen molar-refractivity contribution in [1.82, 2.24) is 0 Å². The van der Waals surface area contributed by atoms with E-state index in [-0.39, 0.29) is 11.7 Å². The monoisotopic (exact) mass is 320 g/mol. The molecule has 1 aliphatic rings. The number of halogens is 2. The van der Waals surface area contributed by atoms with E-state index in [9.17, 15) is 9.18 Å². The van der Waals surface area contributed by atoms with Crippen LogP contribution in [-0.2, 0) is 4.79 Å². The lowest BCUT2D eigenvalue weighted by atomic mass is 9.97. The van der Waals surface area contributed by atoms with Crippen molar-refractivity contribution >= 4 is 28.9 Å². The van der Waals surface area contributed by atoms with Gasteiger partial charge in [-0.3, -0.25) is 4.79 Å². The Balaban J connectivity index is 2.05. The summed E-state index contributed by atoms with van der Waals surface area (Å²) in [4.78, 5) is 12.3. The molecule has 0 radical (unpaired) electrons. The summed E-state index contributed by atoms with van der Waals surface area (Å²) in [5, 5.41) is 3.08. The van der Waals surface area contributed by atoms with E-state index in [1.807, 2.05) is 0 Å². The smallest absolute Gasteiger partial charge is 0.270 e. The third kappa shape index (κ3) is 2.27. The van der Waals surface area contributed by atoms with E-state index in [0.717, 1.165) is 0 Å². The van der Waals surface area contributed by atoms with Crippen LogP contribution < -0.4 is 15.8 Å². The largest absolute Gasteiger partial charge is 0.474 e. The van der Waals surface area contributed by atoms with Gasteiger partial charge in [-0.05, 0) is 37.1 Å². The van der Waals surface area contributed by atoms with Crippen LogP contribution in [0.15, 0.2) is 24.3 Å². The maximum Gasteiger partial charge on any atom is 0.270 e. The molecule has 22 heavy (non-hydrogen) atoms. The number of hydrogen-bond acceptors (Lipinski definition) is 3. The van der Waals surface area contributed by atoms with Gasteiger partial charge in [-0.25, -0.2) is 4.39 Å². The van der Waals surface area contributed by atoms with Gasteiger partial charge in [0.25, 0.3) is 5.91 Å². The first-order valence-corrected chi connectivity index (χ1v) is 7.08. The Morgan fingerprint density at radius 3 is 2.73 bits per heavy atom. The van der Waals surface area contributed by atoms with Crippen LogP contribution in [0, 0.1) is 19.7 Å². The van der Waals surface area contributed by atoms with Crippen molar-refractivity contribution in [3.05, 3.63) is 51.8 Å². The molecule has 6 heteroatoms. The van der Waals surface area contributed by atoms with Crippen molar-refractivity contribution in [2.24, 2.45) is 0 Å². The maximum atomic E-state index is 13.6. The van der Waals surface area contributed by atoms with Crippen molar-refractivity contribution < 1.29 is 13.9 Å². The SMILES string of the molecule is Cc1c(F)ccc(C2Oc3cc(N)c(Cl)cc3NC2=O)c1C. The number of amides is 1. The predicted molar refractivity (Wildman–Crippen MR) is 83.7 cm³/mol. The molecule has 2 aromatic rings. The Hall–Kier alpha value is -2.27. The van der Waals surface area contributed by atoms with Gasteiger partial charge in [-0.1, -0.05) is 17.7 Å². The fourth-order valence-electron chi connectivity index (χ4n) is 2.44. The average molecular weight is 321 g/mol. The summed E-state index contributed by atoms with van der Waals surface area (Å²) in [6, 6.07) is 6.01. The molecule has 2 aromatic carbocycles. The second kappa shape index (κ2) is 5.18. The van der Waals surface area contributed by atoms with E-state index in [0.29, 0.717) is 38.8 Å². The highest BCUT2D eigenvalue weighted by atomic mass is 35.5. The Bertz CT molecular complexity index is 792. The Kier molecular flexibility index (Phi) is 3.45. The summed E-state index contributed by atoms with van der Waals surface area (Å²) in [5.41, 5.74) is 8.40. The summed E-state index contributed by atoms with van der Waals surface area (Å²) >= 11 is 5.94. The second-order valence-corrected chi connectivity index (χ2v) is 5.65. The standard InChI is InChI=1S/C16H14ClFN2O2/c1-7-8(2)11(18)4-3-9(7)15-16(21)20-13-5-10(17)12(19)6-14(13)22-15/h3-6,15H,19H2,1-2H3,(H,20,21). The molecule has 0 aromatic heterocycles. The number of nitrogen functional groups attached to an aromatic ring is 1. The van der Waals surface area contributed by atoms with Crippen LogP contribution in [0.2, 0.25) is 5.02 Å². The number of hydrogen-bond donors (Lipinski definition) is 2. The van der Waals surface area contributed by atoms with Crippen molar-refractivity contribution in [3.8, 4) is 5.75 Å². The number of nitrogens with two attached hydrogens (primary N) is 1. The van der Waals surface area contributed by atoms with Crippen LogP contribution in [0.25, 0.3) is 0 Å². The predicted octanol–water partition coefficient (Wildman–Crippen LogP) is 3.75. The third-order valence-corrected chi connectivity index (χ3v) is 4.21. The average Bonchev–Trinajstić information content (AvgIpc) is 2.47. The molecule has 1 aliphatic heterocycles. The summed E-state index contributed by atoms with van der Waals surface area (Å²) in [5.74, 6) is -0.204. The van der Waals surface area contributed by atoms with E-state index in [2.05, 4.69) is 5.32 Å². The van der Waals surface area contributed by atoms with Crippen LogP contribution in [0.1, 0.15) is 22.8 Å². The number of carbonyl (C=O) groups excluding carboxylic acids is 1. The van der Waals surface area contributed by atoms with E-state index >= 15 is 0 Å². The van der Waals surface area contributed by atoms with E-state index < -0.39 is 6.10 Å². The summed E-state index contributed by atoms with van der Waals surface area (Å²) in [6.45, 7) is 3.43. The topological polar surface area (TPSA) is 64.3 Å². The highest BCUT2D eigenvalue weighted by Gasteiger charge is 2.31. The molecule has 0 bridgehead atoms. The van der Waals surface area contributed by atoms with Crippen LogP contribution in [-0.4, -0.2) is 5.91 Å². The summed E-state index contributed by atoms with van der Waals surface area (Å²) in [6.07, 6.45) is -0.854. The molecule has 0 saturated carbocycles. The van der Waals surface area contributed by atoms with Gasteiger partial charge in [0.2, 0.25) is 6.10 Å². The van der Waals surface area contributed by atoms with Gasteiger partial charge in [-0.15, -0.1) is 0 Å². The molecule has 1 unspecified atom stereocenters.